The highest BCUT2D eigenvalue weighted by Gasteiger charge is 2.31. The van der Waals surface area contributed by atoms with Gasteiger partial charge in [-0.05, 0) is 21.6 Å². The molecule has 1 nitrogen and oxygen atoms in total. The summed E-state index contributed by atoms with van der Waals surface area (Å²) < 4.78 is 10.8. The smallest absolute Gasteiger partial charge is 0.143 e. The molecular formula is C6H4OS3. The minimum Gasteiger partial charge on any atom is -0.236 e. The predicted octanol–water partition coefficient (Wildman–Crippen LogP) is 1.05. The van der Waals surface area contributed by atoms with Crippen molar-refractivity contribution in [3.05, 3.63) is 0 Å². The molecule has 0 saturated carbocycles. The van der Waals surface area contributed by atoms with Crippen LogP contribution in [-0.2, 0) is 8.86 Å². The Morgan fingerprint density at radius 2 is 1.60 bits per heavy atom. The largest absolute Gasteiger partial charge is 0.236 e. The molecule has 52 valence electrons. The van der Waals surface area contributed by atoms with Crippen molar-refractivity contribution < 1.29 is 4.21 Å². The van der Waals surface area contributed by atoms with Crippen molar-refractivity contribution in [2.45, 2.75) is 10.5 Å². The molecule has 0 spiro atoms. The summed E-state index contributed by atoms with van der Waals surface area (Å²) in [5, 5.41) is -0.147. The highest BCUT2D eigenvalue weighted by molar-refractivity contribution is 9.03. The van der Waals surface area contributed by atoms with E-state index in [9.17, 15) is 4.21 Å². The van der Waals surface area contributed by atoms with E-state index < -0.39 is 8.86 Å². The standard InChI is InChI=1S/C6H4OS3/c1-3-5-6(4-2)9-10(7)8-5/h1-2,5-6H. The van der Waals surface area contributed by atoms with Crippen LogP contribution in [0.3, 0.4) is 0 Å². The number of rotatable bonds is 0. The molecule has 1 aliphatic heterocycles. The van der Waals surface area contributed by atoms with E-state index in [0.717, 1.165) is 0 Å². The molecule has 1 fully saturated rings. The van der Waals surface area contributed by atoms with Gasteiger partial charge in [0.2, 0.25) is 0 Å². The lowest BCUT2D eigenvalue weighted by Gasteiger charge is -1.99. The molecule has 4 heteroatoms. The van der Waals surface area contributed by atoms with Gasteiger partial charge in [-0.25, -0.2) is 4.21 Å². The Hall–Kier alpha value is -0.0300. The Kier molecular flexibility index (Phi) is 2.73. The average Bonchev–Trinajstić information content (AvgIpc) is 2.30. The molecular weight excluding hydrogens is 184 g/mol. The normalized spacial score (nSPS) is 38.4. The minimum atomic E-state index is -0.934. The van der Waals surface area contributed by atoms with Crippen LogP contribution in [0.1, 0.15) is 0 Å². The second kappa shape index (κ2) is 3.39. The maximum absolute atomic E-state index is 10.8. The summed E-state index contributed by atoms with van der Waals surface area (Å²) in [5.74, 6) is 5.00. The predicted molar refractivity (Wildman–Crippen MR) is 48.6 cm³/mol. The maximum Gasteiger partial charge on any atom is 0.143 e. The van der Waals surface area contributed by atoms with Gasteiger partial charge in [-0.15, -0.1) is 12.8 Å². The van der Waals surface area contributed by atoms with Gasteiger partial charge in [0.1, 0.15) is 19.4 Å². The van der Waals surface area contributed by atoms with Gasteiger partial charge < -0.3 is 0 Å². The third-order valence-electron chi connectivity index (χ3n) is 0.968. The molecule has 0 aromatic heterocycles. The van der Waals surface area contributed by atoms with Crippen LogP contribution in [0.2, 0.25) is 0 Å². The molecule has 1 aliphatic rings. The van der Waals surface area contributed by atoms with E-state index in [4.69, 9.17) is 12.8 Å². The zero-order chi connectivity index (χ0) is 7.56. The fourth-order valence-electron chi connectivity index (χ4n) is 0.523. The summed E-state index contributed by atoms with van der Waals surface area (Å²) in [4.78, 5) is 0. The number of hydrogen-bond acceptors (Lipinski definition) is 3. The summed E-state index contributed by atoms with van der Waals surface area (Å²) in [6.07, 6.45) is 10.3. The minimum absolute atomic E-state index is 0.0733. The number of terminal acetylenes is 2. The average molecular weight is 188 g/mol. The van der Waals surface area contributed by atoms with Gasteiger partial charge in [-0.3, -0.25) is 0 Å². The fraction of sp³-hybridized carbons (Fsp3) is 0.333. The van der Waals surface area contributed by atoms with Gasteiger partial charge in [-0.2, -0.15) is 0 Å². The highest BCUT2D eigenvalue weighted by Crippen LogP contribution is 2.41. The zero-order valence-electron chi connectivity index (χ0n) is 4.94. The lowest BCUT2D eigenvalue weighted by Crippen LogP contribution is -2.09. The molecule has 1 heterocycles. The third kappa shape index (κ3) is 1.52. The summed E-state index contributed by atoms with van der Waals surface area (Å²) in [6, 6.07) is 0. The molecule has 0 aliphatic carbocycles. The first-order valence-corrected chi connectivity index (χ1v) is 6.40. The lowest BCUT2D eigenvalue weighted by atomic mass is 10.3. The van der Waals surface area contributed by atoms with E-state index in [-0.39, 0.29) is 10.5 Å². The highest BCUT2D eigenvalue weighted by atomic mass is 33.5. The van der Waals surface area contributed by atoms with E-state index in [2.05, 4.69) is 11.8 Å². The summed E-state index contributed by atoms with van der Waals surface area (Å²) >= 11 is 0. The van der Waals surface area contributed by atoms with Crippen LogP contribution < -0.4 is 0 Å². The number of hydrogen-bond donors (Lipinski definition) is 0. The third-order valence-corrected chi connectivity index (χ3v) is 6.29. The second-order valence-corrected chi connectivity index (χ2v) is 6.98. The first-order valence-electron chi connectivity index (χ1n) is 2.46. The second-order valence-electron chi connectivity index (χ2n) is 1.57. The van der Waals surface area contributed by atoms with Crippen molar-refractivity contribution in [2.75, 3.05) is 0 Å². The molecule has 0 bridgehead atoms. The first-order chi connectivity index (χ1) is 4.77. The zero-order valence-corrected chi connectivity index (χ0v) is 7.39. The fourth-order valence-corrected chi connectivity index (χ4v) is 6.22. The van der Waals surface area contributed by atoms with Gasteiger partial charge in [0.05, 0.1) is 0 Å². The Bertz CT molecular complexity index is 210. The van der Waals surface area contributed by atoms with E-state index in [1.54, 1.807) is 0 Å². The van der Waals surface area contributed by atoms with Gasteiger partial charge in [-0.1, -0.05) is 11.8 Å². The lowest BCUT2D eigenvalue weighted by molar-refractivity contribution is 0.699. The van der Waals surface area contributed by atoms with Crippen molar-refractivity contribution in [3.63, 3.8) is 0 Å². The molecule has 0 amide bonds. The summed E-state index contributed by atoms with van der Waals surface area (Å²) in [7, 11) is 1.58. The SMILES string of the molecule is C#CC1SS(=O)SC1C#C. The Morgan fingerprint density at radius 3 is 1.90 bits per heavy atom. The Morgan fingerprint density at radius 1 is 1.20 bits per heavy atom. The topological polar surface area (TPSA) is 17.1 Å². The molecule has 10 heavy (non-hydrogen) atoms. The first kappa shape index (κ1) is 8.07. The van der Waals surface area contributed by atoms with Crippen LogP contribution in [0.5, 0.6) is 0 Å². The molecule has 1 saturated heterocycles. The van der Waals surface area contributed by atoms with Crippen molar-refractivity contribution in [1.82, 2.24) is 0 Å². The van der Waals surface area contributed by atoms with E-state index in [0.29, 0.717) is 0 Å². The van der Waals surface area contributed by atoms with Crippen molar-refractivity contribution in [3.8, 4) is 24.7 Å². The van der Waals surface area contributed by atoms with Crippen LogP contribution in [0.25, 0.3) is 0 Å². The van der Waals surface area contributed by atoms with Crippen LogP contribution in [0.4, 0.5) is 0 Å². The monoisotopic (exact) mass is 188 g/mol. The van der Waals surface area contributed by atoms with E-state index in [1.165, 1.54) is 21.6 Å². The van der Waals surface area contributed by atoms with E-state index >= 15 is 0 Å². The molecule has 0 aromatic rings. The van der Waals surface area contributed by atoms with Crippen molar-refractivity contribution >= 4 is 30.5 Å². The van der Waals surface area contributed by atoms with Gasteiger partial charge in [0.25, 0.3) is 0 Å². The van der Waals surface area contributed by atoms with Gasteiger partial charge >= 0.3 is 0 Å². The Balaban J connectivity index is 2.71. The molecule has 0 aromatic carbocycles. The van der Waals surface area contributed by atoms with Gasteiger partial charge in [0, 0.05) is 0 Å². The molecule has 0 N–H and O–H groups in total. The van der Waals surface area contributed by atoms with Crippen molar-refractivity contribution in [2.24, 2.45) is 0 Å². The molecule has 2 atom stereocenters. The molecule has 0 radical (unpaired) electrons. The van der Waals surface area contributed by atoms with Crippen LogP contribution in [0.15, 0.2) is 0 Å². The summed E-state index contributed by atoms with van der Waals surface area (Å²) in [6.45, 7) is 0. The summed E-state index contributed by atoms with van der Waals surface area (Å²) in [5.41, 5.74) is 0. The van der Waals surface area contributed by atoms with Gasteiger partial charge in [0.15, 0.2) is 0 Å². The van der Waals surface area contributed by atoms with Crippen LogP contribution >= 0.6 is 21.6 Å². The molecule has 2 unspecified atom stereocenters. The van der Waals surface area contributed by atoms with Crippen LogP contribution in [0, 0.1) is 24.7 Å². The van der Waals surface area contributed by atoms with Crippen molar-refractivity contribution in [1.29, 1.82) is 0 Å². The maximum atomic E-state index is 10.8. The molecule has 1 rings (SSSR count). The van der Waals surface area contributed by atoms with E-state index in [1.807, 2.05) is 0 Å². The Labute approximate surface area is 70.0 Å². The quantitative estimate of drug-likeness (QED) is 0.418. The van der Waals surface area contributed by atoms with Crippen LogP contribution in [-0.4, -0.2) is 14.7 Å².